The molecule has 1 aromatic carbocycles. The molecule has 1 rings (SSSR count). The molecule has 0 aliphatic rings. The van der Waals surface area contributed by atoms with Crippen LogP contribution in [0.25, 0.3) is 0 Å². The minimum atomic E-state index is -3.77. The van der Waals surface area contributed by atoms with Crippen LogP contribution in [0, 0.1) is 12.7 Å². The van der Waals surface area contributed by atoms with Crippen molar-refractivity contribution in [2.45, 2.75) is 24.8 Å². The van der Waals surface area contributed by atoms with Crippen LogP contribution in [0.2, 0.25) is 0 Å². The fourth-order valence-electron chi connectivity index (χ4n) is 1.23. The van der Waals surface area contributed by atoms with Crippen molar-refractivity contribution in [2.24, 2.45) is 0 Å². The molecule has 6 heteroatoms. The molecule has 0 radical (unpaired) electrons. The van der Waals surface area contributed by atoms with E-state index in [0.29, 0.717) is 5.56 Å². The molecular formula is C10H14FNO3S. The third kappa shape index (κ3) is 3.01. The first-order valence-corrected chi connectivity index (χ1v) is 6.24. The Morgan fingerprint density at radius 1 is 1.50 bits per heavy atom. The summed E-state index contributed by atoms with van der Waals surface area (Å²) in [5, 5.41) is 8.77. The normalized spacial score (nSPS) is 13.8. The molecular weight excluding hydrogens is 233 g/mol. The largest absolute Gasteiger partial charge is 0.395 e. The van der Waals surface area contributed by atoms with Gasteiger partial charge in [0, 0.05) is 6.04 Å². The van der Waals surface area contributed by atoms with Crippen LogP contribution >= 0.6 is 0 Å². The topological polar surface area (TPSA) is 66.4 Å². The Morgan fingerprint density at radius 2 is 2.12 bits per heavy atom. The SMILES string of the molecule is Cc1ccc(F)cc1S(=O)(=O)N[C@@H](C)CO. The number of benzene rings is 1. The van der Waals surface area contributed by atoms with Crippen molar-refractivity contribution in [2.75, 3.05) is 6.61 Å². The molecule has 0 heterocycles. The van der Waals surface area contributed by atoms with Gasteiger partial charge in [0.05, 0.1) is 11.5 Å². The fourth-order valence-corrected chi connectivity index (χ4v) is 2.72. The maximum absolute atomic E-state index is 13.0. The van der Waals surface area contributed by atoms with Crippen molar-refractivity contribution in [3.63, 3.8) is 0 Å². The molecule has 1 atom stereocenters. The number of hydrogen-bond acceptors (Lipinski definition) is 3. The Kier molecular flexibility index (Phi) is 4.01. The average molecular weight is 247 g/mol. The highest BCUT2D eigenvalue weighted by Crippen LogP contribution is 2.16. The van der Waals surface area contributed by atoms with Crippen molar-refractivity contribution in [1.82, 2.24) is 4.72 Å². The van der Waals surface area contributed by atoms with E-state index in [-0.39, 0.29) is 11.5 Å². The lowest BCUT2D eigenvalue weighted by molar-refractivity contribution is 0.265. The molecule has 0 aliphatic carbocycles. The van der Waals surface area contributed by atoms with Gasteiger partial charge in [0.15, 0.2) is 0 Å². The summed E-state index contributed by atoms with van der Waals surface area (Å²) in [7, 11) is -3.77. The van der Waals surface area contributed by atoms with Crippen molar-refractivity contribution < 1.29 is 17.9 Å². The van der Waals surface area contributed by atoms with Crippen LogP contribution in [0.3, 0.4) is 0 Å². The van der Waals surface area contributed by atoms with Gasteiger partial charge in [-0.3, -0.25) is 0 Å². The van der Waals surface area contributed by atoms with E-state index in [1.54, 1.807) is 6.92 Å². The number of nitrogens with one attached hydrogen (secondary N) is 1. The van der Waals surface area contributed by atoms with E-state index in [9.17, 15) is 12.8 Å². The zero-order valence-electron chi connectivity index (χ0n) is 9.07. The van der Waals surface area contributed by atoms with Gasteiger partial charge >= 0.3 is 0 Å². The van der Waals surface area contributed by atoms with E-state index in [2.05, 4.69) is 4.72 Å². The summed E-state index contributed by atoms with van der Waals surface area (Å²) < 4.78 is 38.8. The van der Waals surface area contributed by atoms with Gasteiger partial charge in [-0.25, -0.2) is 17.5 Å². The van der Waals surface area contributed by atoms with Gasteiger partial charge in [0.25, 0.3) is 0 Å². The maximum Gasteiger partial charge on any atom is 0.241 e. The van der Waals surface area contributed by atoms with Crippen molar-refractivity contribution in [1.29, 1.82) is 0 Å². The summed E-state index contributed by atoms with van der Waals surface area (Å²) in [6, 6.07) is 2.95. The molecule has 0 unspecified atom stereocenters. The molecule has 0 saturated carbocycles. The second-order valence-corrected chi connectivity index (χ2v) is 5.30. The molecule has 0 aromatic heterocycles. The van der Waals surface area contributed by atoms with Crippen molar-refractivity contribution in [3.8, 4) is 0 Å². The van der Waals surface area contributed by atoms with Crippen LogP contribution in [0.1, 0.15) is 12.5 Å². The maximum atomic E-state index is 13.0. The smallest absolute Gasteiger partial charge is 0.241 e. The van der Waals surface area contributed by atoms with Crippen LogP contribution in [0.15, 0.2) is 23.1 Å². The van der Waals surface area contributed by atoms with Crippen LogP contribution in [0.4, 0.5) is 4.39 Å². The van der Waals surface area contributed by atoms with E-state index >= 15 is 0 Å². The van der Waals surface area contributed by atoms with Gasteiger partial charge in [-0.2, -0.15) is 0 Å². The second-order valence-electron chi connectivity index (χ2n) is 3.61. The Morgan fingerprint density at radius 3 is 2.69 bits per heavy atom. The van der Waals surface area contributed by atoms with Crippen molar-refractivity contribution >= 4 is 10.0 Å². The summed E-state index contributed by atoms with van der Waals surface area (Å²) in [6.07, 6.45) is 0. The molecule has 0 aliphatic heterocycles. The lowest BCUT2D eigenvalue weighted by atomic mass is 10.2. The molecule has 0 saturated heterocycles. The molecule has 0 fully saturated rings. The summed E-state index contributed by atoms with van der Waals surface area (Å²) in [6.45, 7) is 2.79. The molecule has 4 nitrogen and oxygen atoms in total. The quantitative estimate of drug-likeness (QED) is 0.826. The first-order valence-electron chi connectivity index (χ1n) is 4.76. The Bertz CT molecular complexity index is 473. The Balaban J connectivity index is 3.12. The number of aliphatic hydroxyl groups is 1. The number of aliphatic hydroxyl groups excluding tert-OH is 1. The minimum absolute atomic E-state index is 0.104. The minimum Gasteiger partial charge on any atom is -0.395 e. The zero-order valence-corrected chi connectivity index (χ0v) is 9.88. The van der Waals surface area contributed by atoms with Crippen LogP contribution in [0.5, 0.6) is 0 Å². The third-order valence-corrected chi connectivity index (χ3v) is 3.80. The number of rotatable bonds is 4. The highest BCUT2D eigenvalue weighted by Gasteiger charge is 2.19. The second kappa shape index (κ2) is 4.90. The van der Waals surface area contributed by atoms with E-state index < -0.39 is 21.9 Å². The fraction of sp³-hybridized carbons (Fsp3) is 0.400. The zero-order chi connectivity index (χ0) is 12.3. The first kappa shape index (κ1) is 13.1. The average Bonchev–Trinajstić information content (AvgIpc) is 2.20. The van der Waals surface area contributed by atoms with Gasteiger partial charge in [0.2, 0.25) is 10.0 Å². The molecule has 0 amide bonds. The monoisotopic (exact) mass is 247 g/mol. The summed E-state index contributed by atoms with van der Waals surface area (Å²) in [4.78, 5) is -0.104. The molecule has 2 N–H and O–H groups in total. The molecule has 0 bridgehead atoms. The molecule has 90 valence electrons. The number of sulfonamides is 1. The standard InChI is InChI=1S/C10H14FNO3S/c1-7-3-4-9(11)5-10(7)16(14,15)12-8(2)6-13/h3-5,8,12-13H,6H2,1-2H3/t8-/m0/s1. The first-order chi connectivity index (χ1) is 7.36. The van der Waals surface area contributed by atoms with Crippen molar-refractivity contribution in [3.05, 3.63) is 29.6 Å². The highest BCUT2D eigenvalue weighted by molar-refractivity contribution is 7.89. The predicted molar refractivity (Wildman–Crippen MR) is 58.0 cm³/mol. The molecule has 1 aromatic rings. The molecule has 16 heavy (non-hydrogen) atoms. The lowest BCUT2D eigenvalue weighted by Gasteiger charge is -2.13. The Labute approximate surface area is 94.2 Å². The molecule has 0 spiro atoms. The van der Waals surface area contributed by atoms with E-state index in [0.717, 1.165) is 6.07 Å². The van der Waals surface area contributed by atoms with Gasteiger partial charge in [-0.15, -0.1) is 0 Å². The van der Waals surface area contributed by atoms with Gasteiger partial charge < -0.3 is 5.11 Å². The van der Waals surface area contributed by atoms with Gasteiger partial charge in [0.1, 0.15) is 5.82 Å². The Hall–Kier alpha value is -0.980. The van der Waals surface area contributed by atoms with Crippen LogP contribution < -0.4 is 4.72 Å². The highest BCUT2D eigenvalue weighted by atomic mass is 32.2. The summed E-state index contributed by atoms with van der Waals surface area (Å²) in [5.74, 6) is -0.609. The van der Waals surface area contributed by atoms with E-state index in [1.807, 2.05) is 0 Å². The lowest BCUT2D eigenvalue weighted by Crippen LogP contribution is -2.35. The van der Waals surface area contributed by atoms with Gasteiger partial charge in [-0.05, 0) is 31.5 Å². The van der Waals surface area contributed by atoms with Gasteiger partial charge in [-0.1, -0.05) is 6.07 Å². The van der Waals surface area contributed by atoms with E-state index in [4.69, 9.17) is 5.11 Å². The number of aryl methyl sites for hydroxylation is 1. The summed E-state index contributed by atoms with van der Waals surface area (Å²) >= 11 is 0. The van der Waals surface area contributed by atoms with E-state index in [1.165, 1.54) is 19.1 Å². The van der Waals surface area contributed by atoms with Crippen LogP contribution in [-0.2, 0) is 10.0 Å². The summed E-state index contributed by atoms with van der Waals surface area (Å²) in [5.41, 5.74) is 0.457. The van der Waals surface area contributed by atoms with Crippen LogP contribution in [-0.4, -0.2) is 26.2 Å². The number of hydrogen-bond donors (Lipinski definition) is 2. The number of halogens is 1. The predicted octanol–water partition coefficient (Wildman–Crippen LogP) is 0.793. The third-order valence-electron chi connectivity index (χ3n) is 2.07.